The number of carbonyl (C=O) groups excluding carboxylic acids is 1. The average molecular weight is 545 g/mol. The molecule has 2 aromatic carbocycles. The first kappa shape index (κ1) is 24.0. The monoisotopic (exact) mass is 544 g/mol. The number of hydrogen-bond acceptors (Lipinski definition) is 7. The molecule has 0 spiro atoms. The van der Waals surface area contributed by atoms with Gasteiger partial charge < -0.3 is 14.3 Å². The smallest absolute Gasteiger partial charge is 0.349 e. The lowest BCUT2D eigenvalue weighted by Gasteiger charge is -2.09. The molecule has 0 fully saturated rings. The van der Waals surface area contributed by atoms with E-state index in [1.807, 2.05) is 23.7 Å². The minimum atomic E-state index is -1.11. The molecule has 0 aliphatic rings. The summed E-state index contributed by atoms with van der Waals surface area (Å²) in [7, 11) is 0.705. The first-order chi connectivity index (χ1) is 18.3. The van der Waals surface area contributed by atoms with Crippen molar-refractivity contribution in [3.63, 3.8) is 0 Å². The predicted octanol–water partition coefficient (Wildman–Crippen LogP) is 4.09. The summed E-state index contributed by atoms with van der Waals surface area (Å²) in [5, 5.41) is 8.48. The van der Waals surface area contributed by atoms with Crippen molar-refractivity contribution in [1.29, 1.82) is 0 Å². The lowest BCUT2D eigenvalue weighted by atomic mass is 10.1. The zero-order valence-corrected chi connectivity index (χ0v) is 21.9. The van der Waals surface area contributed by atoms with E-state index in [2.05, 4.69) is 10.4 Å². The molecule has 4 aromatic heterocycles. The molecule has 6 aromatic rings. The minimum absolute atomic E-state index is 0.101. The lowest BCUT2D eigenvalue weighted by Crippen LogP contribution is -2.24. The Morgan fingerprint density at radius 3 is 2.74 bits per heavy atom. The van der Waals surface area contributed by atoms with Crippen molar-refractivity contribution in [2.24, 2.45) is 7.05 Å². The number of aromatic nitrogens is 3. The van der Waals surface area contributed by atoms with Gasteiger partial charge in [-0.1, -0.05) is 30.3 Å². The number of thiophene rings is 1. The normalized spacial score (nSPS) is 12.4. The third-order valence-electron chi connectivity index (χ3n) is 6.34. The Hall–Kier alpha value is -4.35. The molecule has 6 rings (SSSR count). The molecule has 1 unspecified atom stereocenters. The van der Waals surface area contributed by atoms with E-state index >= 15 is 0 Å². The van der Waals surface area contributed by atoms with Crippen LogP contribution in [0.15, 0.2) is 85.1 Å². The number of benzene rings is 2. The molecular formula is C27H20N4O5S2. The number of rotatable bonds is 5. The topological polar surface area (TPSA) is 116 Å². The van der Waals surface area contributed by atoms with Crippen LogP contribution in [-0.2, 0) is 24.4 Å². The number of hydrogen-bond donors (Lipinski definition) is 1. The van der Waals surface area contributed by atoms with Gasteiger partial charge in [-0.25, -0.2) is 9.48 Å². The van der Waals surface area contributed by atoms with Gasteiger partial charge in [0.15, 0.2) is 0 Å². The lowest BCUT2D eigenvalue weighted by molar-refractivity contribution is 0.102. The fourth-order valence-corrected chi connectivity index (χ4v) is 6.41. The van der Waals surface area contributed by atoms with Gasteiger partial charge in [-0.2, -0.15) is 5.10 Å². The van der Waals surface area contributed by atoms with Crippen LogP contribution in [0.2, 0.25) is 0 Å². The van der Waals surface area contributed by atoms with Gasteiger partial charge in [0.1, 0.15) is 16.7 Å². The van der Waals surface area contributed by atoms with Crippen LogP contribution in [0.1, 0.15) is 15.9 Å². The van der Waals surface area contributed by atoms with Crippen LogP contribution in [0.5, 0.6) is 0 Å². The Kier molecular flexibility index (Phi) is 5.81. The molecule has 38 heavy (non-hydrogen) atoms. The maximum absolute atomic E-state index is 13.3. The van der Waals surface area contributed by atoms with Gasteiger partial charge in [0.05, 0.1) is 38.0 Å². The number of carbonyl (C=O) groups is 1. The van der Waals surface area contributed by atoms with Crippen molar-refractivity contribution in [2.75, 3.05) is 11.6 Å². The maximum Gasteiger partial charge on any atom is 0.349 e. The van der Waals surface area contributed by atoms with E-state index in [9.17, 15) is 18.6 Å². The van der Waals surface area contributed by atoms with E-state index in [4.69, 9.17) is 4.42 Å². The van der Waals surface area contributed by atoms with E-state index in [1.165, 1.54) is 22.1 Å². The van der Waals surface area contributed by atoms with Gasteiger partial charge in [-0.3, -0.25) is 13.8 Å². The van der Waals surface area contributed by atoms with E-state index in [1.54, 1.807) is 54.9 Å². The van der Waals surface area contributed by atoms with E-state index in [0.717, 1.165) is 25.4 Å². The largest absolute Gasteiger partial charge is 0.422 e. The molecule has 0 saturated carbocycles. The quantitative estimate of drug-likeness (QED) is 0.327. The predicted molar refractivity (Wildman–Crippen MR) is 149 cm³/mol. The van der Waals surface area contributed by atoms with Crippen LogP contribution >= 0.6 is 11.3 Å². The highest BCUT2D eigenvalue weighted by atomic mass is 32.2. The Balaban J connectivity index is 1.29. The summed E-state index contributed by atoms with van der Waals surface area (Å²) >= 11 is 1.40. The molecule has 0 aliphatic heterocycles. The van der Waals surface area contributed by atoms with Gasteiger partial charge in [0, 0.05) is 29.8 Å². The fraction of sp³-hybridized carbons (Fsp3) is 0.111. The number of amides is 1. The summed E-state index contributed by atoms with van der Waals surface area (Å²) in [5.74, 6) is -0.588. The van der Waals surface area contributed by atoms with Gasteiger partial charge in [0.25, 0.3) is 11.5 Å². The minimum Gasteiger partial charge on any atom is -0.422 e. The van der Waals surface area contributed by atoms with Crippen LogP contribution in [-0.4, -0.2) is 30.7 Å². The summed E-state index contributed by atoms with van der Waals surface area (Å²) in [6.45, 7) is 0.180. The van der Waals surface area contributed by atoms with Crippen molar-refractivity contribution in [3.05, 3.63) is 98.8 Å². The molecule has 190 valence electrons. The third-order valence-corrected chi connectivity index (χ3v) is 8.93. The number of para-hydroxylation sites is 1. The SMILES string of the molecule is Cn1c2cc(S(C)=O)sc2c2cnn(Cc3cccc(NC(=O)c4cc5ccccc5oc4=O)c3)c(=O)c21. The van der Waals surface area contributed by atoms with Crippen molar-refractivity contribution >= 4 is 65.8 Å². The standard InChI is InChI=1S/C27H20N4O5S2/c1-30-20-12-22(38(2)35)37-24(20)19-13-28-31(26(33)23(19)30)14-15-6-5-8-17(10-15)29-25(32)18-11-16-7-3-4-9-21(16)36-27(18)34/h3-13H,14H2,1-2H3,(H,29,32). The van der Waals surface area contributed by atoms with Crippen molar-refractivity contribution < 1.29 is 13.4 Å². The molecule has 0 saturated heterocycles. The number of nitrogens with one attached hydrogen (secondary N) is 1. The second kappa shape index (κ2) is 9.19. The highest BCUT2D eigenvalue weighted by molar-refractivity contribution is 7.86. The zero-order chi connectivity index (χ0) is 26.6. The zero-order valence-electron chi connectivity index (χ0n) is 20.3. The van der Waals surface area contributed by atoms with E-state index < -0.39 is 22.3 Å². The summed E-state index contributed by atoms with van der Waals surface area (Å²) in [4.78, 5) is 38.5. The first-order valence-corrected chi connectivity index (χ1v) is 13.9. The third kappa shape index (κ3) is 4.05. The molecule has 1 atom stereocenters. The first-order valence-electron chi connectivity index (χ1n) is 11.5. The van der Waals surface area contributed by atoms with Gasteiger partial charge in [0.2, 0.25) is 0 Å². The van der Waals surface area contributed by atoms with Crippen LogP contribution in [0.4, 0.5) is 5.69 Å². The molecule has 1 N–H and O–H groups in total. The van der Waals surface area contributed by atoms with Gasteiger partial charge in [-0.05, 0) is 35.9 Å². The molecule has 11 heteroatoms. The fourth-order valence-electron chi connectivity index (χ4n) is 4.48. The summed E-state index contributed by atoms with van der Waals surface area (Å²) in [5.41, 5.74) is 1.89. The summed E-state index contributed by atoms with van der Waals surface area (Å²) in [6.07, 6.45) is 3.29. The van der Waals surface area contributed by atoms with Crippen LogP contribution in [0.25, 0.3) is 32.1 Å². The molecule has 0 aliphatic carbocycles. The Bertz CT molecular complexity index is 2050. The average Bonchev–Trinajstić information content (AvgIpc) is 3.45. The van der Waals surface area contributed by atoms with Crippen molar-refractivity contribution in [2.45, 2.75) is 10.8 Å². The summed E-state index contributed by atoms with van der Waals surface area (Å²) in [6, 6.07) is 17.3. The van der Waals surface area contributed by atoms with Crippen LogP contribution < -0.4 is 16.5 Å². The number of nitrogens with zero attached hydrogens (tertiary/aromatic N) is 3. The molecule has 9 nitrogen and oxygen atoms in total. The Labute approximate surface area is 221 Å². The van der Waals surface area contributed by atoms with Gasteiger partial charge >= 0.3 is 5.63 Å². The Morgan fingerprint density at radius 1 is 1.11 bits per heavy atom. The van der Waals surface area contributed by atoms with E-state index in [0.29, 0.717) is 22.2 Å². The Morgan fingerprint density at radius 2 is 1.92 bits per heavy atom. The maximum atomic E-state index is 13.3. The highest BCUT2D eigenvalue weighted by Gasteiger charge is 2.18. The molecular weight excluding hydrogens is 524 g/mol. The molecule has 4 heterocycles. The number of fused-ring (bicyclic) bond motifs is 4. The number of anilines is 1. The van der Waals surface area contributed by atoms with Crippen LogP contribution in [0.3, 0.4) is 0 Å². The van der Waals surface area contributed by atoms with E-state index in [-0.39, 0.29) is 17.7 Å². The van der Waals surface area contributed by atoms with Gasteiger partial charge in [-0.15, -0.1) is 11.3 Å². The molecule has 0 radical (unpaired) electrons. The van der Waals surface area contributed by atoms with Crippen molar-refractivity contribution in [3.8, 4) is 0 Å². The second-order valence-corrected chi connectivity index (χ2v) is 11.5. The van der Waals surface area contributed by atoms with Crippen LogP contribution in [0, 0.1) is 0 Å². The molecule has 0 bridgehead atoms. The summed E-state index contributed by atoms with van der Waals surface area (Å²) < 4.78 is 22.0. The highest BCUT2D eigenvalue weighted by Crippen LogP contribution is 2.34. The number of aryl methyl sites for hydroxylation is 1. The van der Waals surface area contributed by atoms with Crippen molar-refractivity contribution in [1.82, 2.24) is 14.3 Å². The molecule has 1 amide bonds. The second-order valence-electron chi connectivity index (χ2n) is 8.80.